The van der Waals surface area contributed by atoms with Gasteiger partial charge in [-0.05, 0) is 78.4 Å². The van der Waals surface area contributed by atoms with Crippen LogP contribution in [-0.4, -0.2) is 27.4 Å². The van der Waals surface area contributed by atoms with Gasteiger partial charge in [-0.2, -0.15) is 0 Å². The van der Waals surface area contributed by atoms with Crippen molar-refractivity contribution in [2.75, 3.05) is 17.1 Å². The minimum atomic E-state index is -3.95. The number of nitrogens with one attached hydrogen (secondary N) is 2. The number of rotatable bonds is 10. The molecular formula is C29H23Cl2FN2O6S. The Morgan fingerprint density at radius 1 is 0.854 bits per heavy atom. The van der Waals surface area contributed by atoms with Gasteiger partial charge in [-0.3, -0.25) is 14.3 Å². The van der Waals surface area contributed by atoms with Gasteiger partial charge in [-0.25, -0.2) is 12.8 Å². The van der Waals surface area contributed by atoms with Crippen molar-refractivity contribution in [3.05, 3.63) is 117 Å². The highest BCUT2D eigenvalue weighted by molar-refractivity contribution is 7.91. The van der Waals surface area contributed by atoms with Crippen molar-refractivity contribution in [1.29, 1.82) is 0 Å². The highest BCUT2D eigenvalue weighted by Gasteiger charge is 2.18. The van der Waals surface area contributed by atoms with Crippen molar-refractivity contribution >= 4 is 56.5 Å². The molecule has 0 radical (unpaired) electrons. The Bertz CT molecular complexity index is 1680. The van der Waals surface area contributed by atoms with Crippen molar-refractivity contribution < 1.29 is 31.9 Å². The first-order chi connectivity index (χ1) is 19.5. The van der Waals surface area contributed by atoms with Crippen LogP contribution in [0, 0.1) is 5.82 Å². The predicted octanol–water partition coefficient (Wildman–Crippen LogP) is 6.83. The van der Waals surface area contributed by atoms with Crippen LogP contribution in [0.3, 0.4) is 0 Å². The number of halogens is 3. The number of carbonyl (C=O) groups excluding carboxylic acids is 2. The molecule has 4 rings (SSSR count). The van der Waals surface area contributed by atoms with Crippen molar-refractivity contribution in [2.24, 2.45) is 0 Å². The SMILES string of the molecule is COC(=O)Cc1ccc(Oc2ccc(NC(=O)c3ccc(Cl)c(Cl)c3)cc2)c(CS(=O)(=O)Nc2ccc(F)cc2)c1. The Labute approximate surface area is 246 Å². The maximum absolute atomic E-state index is 13.2. The van der Waals surface area contributed by atoms with Crippen LogP contribution < -0.4 is 14.8 Å². The second-order valence-electron chi connectivity index (χ2n) is 8.77. The zero-order valence-corrected chi connectivity index (χ0v) is 23.8. The quantitative estimate of drug-likeness (QED) is 0.189. The number of carbonyl (C=O) groups is 2. The summed E-state index contributed by atoms with van der Waals surface area (Å²) in [6, 6.07) is 20.6. The van der Waals surface area contributed by atoms with Crippen LogP contribution >= 0.6 is 23.2 Å². The van der Waals surface area contributed by atoms with Crippen LogP contribution in [-0.2, 0) is 31.7 Å². The molecule has 212 valence electrons. The first-order valence-corrected chi connectivity index (χ1v) is 14.4. The summed E-state index contributed by atoms with van der Waals surface area (Å²) in [4.78, 5) is 24.3. The van der Waals surface area contributed by atoms with Crippen LogP contribution in [0.4, 0.5) is 15.8 Å². The molecule has 0 saturated heterocycles. The first kappa shape index (κ1) is 29.9. The number of benzene rings is 4. The molecule has 41 heavy (non-hydrogen) atoms. The highest BCUT2D eigenvalue weighted by Crippen LogP contribution is 2.30. The lowest BCUT2D eigenvalue weighted by molar-refractivity contribution is -0.139. The van der Waals surface area contributed by atoms with E-state index in [1.54, 1.807) is 48.5 Å². The van der Waals surface area contributed by atoms with Gasteiger partial charge in [0, 0.05) is 22.5 Å². The van der Waals surface area contributed by atoms with Gasteiger partial charge in [-0.1, -0.05) is 35.3 Å². The third kappa shape index (κ3) is 8.43. The summed E-state index contributed by atoms with van der Waals surface area (Å²) < 4.78 is 52.2. The Morgan fingerprint density at radius 3 is 2.20 bits per heavy atom. The number of ether oxygens (including phenoxy) is 2. The molecule has 0 heterocycles. The van der Waals surface area contributed by atoms with E-state index in [0.717, 1.165) is 12.1 Å². The van der Waals surface area contributed by atoms with E-state index >= 15 is 0 Å². The van der Waals surface area contributed by atoms with Gasteiger partial charge in [0.25, 0.3) is 5.91 Å². The number of amides is 1. The fourth-order valence-electron chi connectivity index (χ4n) is 3.71. The van der Waals surface area contributed by atoms with Gasteiger partial charge >= 0.3 is 5.97 Å². The van der Waals surface area contributed by atoms with Crippen LogP contribution in [0.5, 0.6) is 11.5 Å². The molecule has 1 amide bonds. The largest absolute Gasteiger partial charge is 0.469 e. The third-order valence-corrected chi connectivity index (χ3v) is 7.66. The second kappa shape index (κ2) is 13.0. The Morgan fingerprint density at radius 2 is 1.54 bits per heavy atom. The highest BCUT2D eigenvalue weighted by atomic mass is 35.5. The molecule has 0 spiro atoms. The number of esters is 1. The molecule has 0 saturated carbocycles. The van der Waals surface area contributed by atoms with Crippen LogP contribution in [0.2, 0.25) is 10.0 Å². The van der Waals surface area contributed by atoms with E-state index in [1.165, 1.54) is 31.4 Å². The molecule has 8 nitrogen and oxygen atoms in total. The molecule has 0 aromatic heterocycles. The van der Waals surface area contributed by atoms with E-state index in [-0.39, 0.29) is 34.4 Å². The number of hydrogen-bond acceptors (Lipinski definition) is 6. The normalized spacial score (nSPS) is 11.0. The van der Waals surface area contributed by atoms with E-state index in [1.807, 2.05) is 0 Å². The molecule has 12 heteroatoms. The summed E-state index contributed by atoms with van der Waals surface area (Å²) in [6.07, 6.45) is -0.0670. The molecule has 2 N–H and O–H groups in total. The van der Waals surface area contributed by atoms with Crippen molar-refractivity contribution in [1.82, 2.24) is 0 Å². The topological polar surface area (TPSA) is 111 Å². The lowest BCUT2D eigenvalue weighted by atomic mass is 10.1. The Balaban J connectivity index is 1.53. The van der Waals surface area contributed by atoms with Crippen LogP contribution in [0.25, 0.3) is 0 Å². The molecule has 0 unspecified atom stereocenters. The summed E-state index contributed by atoms with van der Waals surface area (Å²) in [6.45, 7) is 0. The molecule has 0 aliphatic carbocycles. The fourth-order valence-corrected chi connectivity index (χ4v) is 5.21. The number of methoxy groups -OCH3 is 1. The fraction of sp³-hybridized carbons (Fsp3) is 0.103. The lowest BCUT2D eigenvalue weighted by Crippen LogP contribution is -2.16. The maximum atomic E-state index is 13.2. The van der Waals surface area contributed by atoms with E-state index in [4.69, 9.17) is 32.7 Å². The van der Waals surface area contributed by atoms with Gasteiger partial charge in [0.05, 0.1) is 29.3 Å². The summed E-state index contributed by atoms with van der Waals surface area (Å²) in [7, 11) is -2.69. The van der Waals surface area contributed by atoms with Crippen LogP contribution in [0.1, 0.15) is 21.5 Å². The van der Waals surface area contributed by atoms with Gasteiger partial charge in [-0.15, -0.1) is 0 Å². The lowest BCUT2D eigenvalue weighted by Gasteiger charge is -2.15. The Hall–Kier alpha value is -4.12. The molecule has 0 atom stereocenters. The minimum Gasteiger partial charge on any atom is -0.469 e. The summed E-state index contributed by atoms with van der Waals surface area (Å²) in [5.41, 5.74) is 1.80. The molecular weight excluding hydrogens is 594 g/mol. The van der Waals surface area contributed by atoms with E-state index in [2.05, 4.69) is 10.0 Å². The van der Waals surface area contributed by atoms with Gasteiger partial charge in [0.2, 0.25) is 10.0 Å². The smallest absolute Gasteiger partial charge is 0.309 e. The first-order valence-electron chi connectivity index (χ1n) is 12.0. The van der Waals surface area contributed by atoms with Crippen molar-refractivity contribution in [3.8, 4) is 11.5 Å². The average molecular weight is 617 g/mol. The second-order valence-corrected chi connectivity index (χ2v) is 11.3. The molecule has 4 aromatic rings. The minimum absolute atomic E-state index is 0.0670. The third-order valence-electron chi connectivity index (χ3n) is 5.69. The average Bonchev–Trinajstić information content (AvgIpc) is 2.93. The number of anilines is 2. The van der Waals surface area contributed by atoms with Gasteiger partial charge in [0.15, 0.2) is 0 Å². The van der Waals surface area contributed by atoms with Crippen molar-refractivity contribution in [3.63, 3.8) is 0 Å². The summed E-state index contributed by atoms with van der Waals surface area (Å²) in [5, 5.41) is 3.34. The molecule has 0 fully saturated rings. The monoisotopic (exact) mass is 616 g/mol. The number of sulfonamides is 1. The van der Waals surface area contributed by atoms with Crippen molar-refractivity contribution in [2.45, 2.75) is 12.2 Å². The maximum Gasteiger partial charge on any atom is 0.309 e. The Kier molecular flexibility index (Phi) is 9.49. The molecule has 4 aromatic carbocycles. The predicted molar refractivity (Wildman–Crippen MR) is 156 cm³/mol. The van der Waals surface area contributed by atoms with Gasteiger partial charge < -0.3 is 14.8 Å². The standard InChI is InChI=1S/C29H23Cl2FN2O6S/c1-39-28(35)15-18-2-13-27(20(14-18)17-41(37,38)34-23-6-4-21(32)5-7-23)40-24-10-8-22(9-11-24)33-29(36)19-3-12-25(30)26(31)16-19/h2-14,16,34H,15,17H2,1H3,(H,33,36). The van der Waals surface area contributed by atoms with Crippen LogP contribution in [0.15, 0.2) is 84.9 Å². The summed E-state index contributed by atoms with van der Waals surface area (Å²) in [5.74, 6) is -1.28. The zero-order valence-electron chi connectivity index (χ0n) is 21.5. The molecule has 0 aliphatic rings. The molecule has 0 bridgehead atoms. The van der Waals surface area contributed by atoms with E-state index in [9.17, 15) is 22.4 Å². The zero-order chi connectivity index (χ0) is 29.6. The summed E-state index contributed by atoms with van der Waals surface area (Å²) >= 11 is 11.9. The number of hydrogen-bond donors (Lipinski definition) is 2. The van der Waals surface area contributed by atoms with Gasteiger partial charge in [0.1, 0.15) is 17.3 Å². The van der Waals surface area contributed by atoms with E-state index < -0.39 is 27.6 Å². The van der Waals surface area contributed by atoms with E-state index in [0.29, 0.717) is 27.6 Å². The molecule has 0 aliphatic heterocycles.